The number of phenolic OH excluding ortho intramolecular Hbond substituents is 1. The highest BCUT2D eigenvalue weighted by Gasteiger charge is 2.20. The Morgan fingerprint density at radius 1 is 1.43 bits per heavy atom. The van der Waals surface area contributed by atoms with E-state index in [0.29, 0.717) is 5.56 Å². The normalized spacial score (nSPS) is 17.9. The van der Waals surface area contributed by atoms with Crippen LogP contribution in [0, 0.1) is 0 Å². The van der Waals surface area contributed by atoms with Crippen LogP contribution in [0.15, 0.2) is 22.6 Å². The number of nitrogens with two attached hydrogens (primary N) is 1. The lowest BCUT2D eigenvalue weighted by Crippen LogP contribution is -2.26. The van der Waals surface area contributed by atoms with Crippen molar-refractivity contribution in [3.63, 3.8) is 0 Å². The first-order chi connectivity index (χ1) is 6.48. The number of nitrogens with zero attached hydrogens (tertiary/aromatic N) is 1. The lowest BCUT2D eigenvalue weighted by Gasteiger charge is -2.15. The van der Waals surface area contributed by atoms with Crippen LogP contribution in [0.3, 0.4) is 0 Å². The third kappa shape index (κ3) is 1.37. The summed E-state index contributed by atoms with van der Waals surface area (Å²) >= 11 is 0. The van der Waals surface area contributed by atoms with Crippen molar-refractivity contribution in [1.82, 2.24) is 0 Å². The minimum absolute atomic E-state index is 0.0406. The molecular weight excluding hydrogens is 206 g/mol. The van der Waals surface area contributed by atoms with Gasteiger partial charge in [-0.2, -0.15) is 8.42 Å². The molecule has 0 saturated carbocycles. The van der Waals surface area contributed by atoms with Crippen LogP contribution in [0.25, 0.3) is 0 Å². The largest absolute Gasteiger partial charge is 0.508 e. The standard InChI is InChI=1S/C7H7N3O3S/c8-7-5-2-1-4(11)3-6(5)9-14(12,13)10-7/h1-3,9,11H,(H2,8,10). The molecule has 14 heavy (non-hydrogen) atoms. The maximum atomic E-state index is 11.1. The fourth-order valence-electron chi connectivity index (χ4n) is 1.18. The number of benzene rings is 1. The smallest absolute Gasteiger partial charge is 0.344 e. The summed E-state index contributed by atoms with van der Waals surface area (Å²) in [5.74, 6) is -0.125. The van der Waals surface area contributed by atoms with E-state index in [9.17, 15) is 8.42 Å². The Bertz CT molecular complexity index is 521. The highest BCUT2D eigenvalue weighted by Crippen LogP contribution is 2.25. The molecule has 1 aliphatic heterocycles. The molecule has 1 aliphatic rings. The number of hydrogen-bond donors (Lipinski definition) is 3. The number of nitrogens with one attached hydrogen (secondary N) is 1. The van der Waals surface area contributed by atoms with Gasteiger partial charge in [0, 0.05) is 11.6 Å². The van der Waals surface area contributed by atoms with Crippen molar-refractivity contribution < 1.29 is 13.5 Å². The van der Waals surface area contributed by atoms with E-state index in [1.165, 1.54) is 18.2 Å². The number of rotatable bonds is 0. The molecule has 0 spiro atoms. The zero-order valence-corrected chi connectivity index (χ0v) is 7.75. The first-order valence-electron chi connectivity index (χ1n) is 3.69. The molecule has 0 bridgehead atoms. The quantitative estimate of drug-likeness (QED) is 0.553. The van der Waals surface area contributed by atoms with Crippen molar-refractivity contribution in [3.8, 4) is 5.75 Å². The topological polar surface area (TPSA) is 105 Å². The van der Waals surface area contributed by atoms with Crippen molar-refractivity contribution in [1.29, 1.82) is 0 Å². The summed E-state index contributed by atoms with van der Waals surface area (Å²) in [4.78, 5) is 0. The fraction of sp³-hybridized carbons (Fsp3) is 0. The van der Waals surface area contributed by atoms with Crippen LogP contribution in [-0.2, 0) is 10.2 Å². The van der Waals surface area contributed by atoms with Gasteiger partial charge >= 0.3 is 10.2 Å². The second-order valence-corrected chi connectivity index (χ2v) is 4.12. The summed E-state index contributed by atoms with van der Waals surface area (Å²) in [7, 11) is -3.76. The Morgan fingerprint density at radius 3 is 2.86 bits per heavy atom. The van der Waals surface area contributed by atoms with Gasteiger partial charge in [-0.3, -0.25) is 4.72 Å². The van der Waals surface area contributed by atoms with E-state index in [2.05, 4.69) is 9.12 Å². The van der Waals surface area contributed by atoms with Crippen LogP contribution in [0.5, 0.6) is 5.75 Å². The zero-order valence-electron chi connectivity index (χ0n) is 6.93. The minimum atomic E-state index is -3.76. The number of hydrogen-bond acceptors (Lipinski definition) is 4. The van der Waals surface area contributed by atoms with Gasteiger partial charge in [0.25, 0.3) is 0 Å². The molecule has 0 radical (unpaired) electrons. The van der Waals surface area contributed by atoms with Gasteiger partial charge in [0.05, 0.1) is 5.69 Å². The van der Waals surface area contributed by atoms with Crippen molar-refractivity contribution in [2.45, 2.75) is 0 Å². The van der Waals surface area contributed by atoms with E-state index in [0.717, 1.165) is 0 Å². The lowest BCUT2D eigenvalue weighted by atomic mass is 10.1. The molecule has 6 nitrogen and oxygen atoms in total. The van der Waals surface area contributed by atoms with Gasteiger partial charge in [0.2, 0.25) is 0 Å². The predicted molar refractivity (Wildman–Crippen MR) is 51.4 cm³/mol. The molecule has 0 aromatic heterocycles. The van der Waals surface area contributed by atoms with Crippen molar-refractivity contribution >= 4 is 21.7 Å². The average Bonchev–Trinajstić information content (AvgIpc) is 2.00. The Morgan fingerprint density at radius 2 is 2.14 bits per heavy atom. The van der Waals surface area contributed by atoms with Gasteiger partial charge in [0.15, 0.2) is 0 Å². The highest BCUT2D eigenvalue weighted by molar-refractivity contribution is 7.91. The monoisotopic (exact) mass is 213 g/mol. The van der Waals surface area contributed by atoms with Gasteiger partial charge in [0.1, 0.15) is 11.6 Å². The van der Waals surface area contributed by atoms with Gasteiger partial charge in [-0.1, -0.05) is 0 Å². The molecule has 4 N–H and O–H groups in total. The molecule has 1 aromatic rings. The summed E-state index contributed by atoms with van der Waals surface area (Å²) in [5.41, 5.74) is 6.11. The van der Waals surface area contributed by atoms with Crippen LogP contribution in [0.4, 0.5) is 5.69 Å². The molecule has 0 aliphatic carbocycles. The molecule has 0 amide bonds. The Kier molecular flexibility index (Phi) is 1.65. The molecule has 1 aromatic carbocycles. The van der Waals surface area contributed by atoms with Crippen molar-refractivity contribution in [2.24, 2.45) is 10.1 Å². The first kappa shape index (κ1) is 8.82. The second kappa shape index (κ2) is 2.61. The van der Waals surface area contributed by atoms with Crippen LogP contribution in [-0.4, -0.2) is 19.4 Å². The fourth-order valence-corrected chi connectivity index (χ4v) is 2.03. The molecule has 0 atom stereocenters. The number of amidine groups is 1. The Balaban J connectivity index is 2.68. The average molecular weight is 213 g/mol. The maximum absolute atomic E-state index is 11.1. The SMILES string of the molecule is NC1=NS(=O)(=O)Nc2cc(O)ccc21. The van der Waals surface area contributed by atoms with E-state index in [-0.39, 0.29) is 17.3 Å². The summed E-state index contributed by atoms with van der Waals surface area (Å²) in [5, 5.41) is 9.13. The molecule has 0 fully saturated rings. The lowest BCUT2D eigenvalue weighted by molar-refractivity contribution is 0.475. The third-order valence-corrected chi connectivity index (χ3v) is 2.65. The van der Waals surface area contributed by atoms with E-state index in [4.69, 9.17) is 10.8 Å². The molecular formula is C7H7N3O3S. The van der Waals surface area contributed by atoms with Gasteiger partial charge < -0.3 is 10.8 Å². The zero-order chi connectivity index (χ0) is 10.3. The summed E-state index contributed by atoms with van der Waals surface area (Å²) in [6.45, 7) is 0. The number of phenols is 1. The van der Waals surface area contributed by atoms with Crippen LogP contribution < -0.4 is 10.5 Å². The third-order valence-electron chi connectivity index (χ3n) is 1.74. The van der Waals surface area contributed by atoms with Crippen molar-refractivity contribution in [2.75, 3.05) is 4.72 Å². The van der Waals surface area contributed by atoms with Gasteiger partial charge in [-0.25, -0.2) is 0 Å². The molecule has 2 rings (SSSR count). The maximum Gasteiger partial charge on any atom is 0.344 e. The first-order valence-corrected chi connectivity index (χ1v) is 5.13. The molecule has 0 saturated heterocycles. The van der Waals surface area contributed by atoms with Crippen LogP contribution in [0.1, 0.15) is 5.56 Å². The molecule has 7 heteroatoms. The molecule has 74 valence electrons. The number of fused-ring (bicyclic) bond motifs is 1. The summed E-state index contributed by atoms with van der Waals surface area (Å²) in [6.07, 6.45) is 0. The van der Waals surface area contributed by atoms with Crippen LogP contribution in [0.2, 0.25) is 0 Å². The predicted octanol–water partition coefficient (Wildman–Crippen LogP) is -0.232. The minimum Gasteiger partial charge on any atom is -0.508 e. The van der Waals surface area contributed by atoms with E-state index < -0.39 is 10.2 Å². The Labute approximate surface area is 80.3 Å². The highest BCUT2D eigenvalue weighted by atomic mass is 32.2. The van der Waals surface area contributed by atoms with Crippen LogP contribution >= 0.6 is 0 Å². The van der Waals surface area contributed by atoms with E-state index in [1.54, 1.807) is 0 Å². The summed E-state index contributed by atoms with van der Waals surface area (Å²) in [6, 6.07) is 4.17. The molecule has 0 unspecified atom stereocenters. The Hall–Kier alpha value is -1.76. The second-order valence-electron chi connectivity index (χ2n) is 2.78. The molecule has 1 heterocycles. The number of anilines is 1. The van der Waals surface area contributed by atoms with Gasteiger partial charge in [-0.05, 0) is 12.1 Å². The van der Waals surface area contributed by atoms with E-state index >= 15 is 0 Å². The number of aromatic hydroxyl groups is 1. The van der Waals surface area contributed by atoms with Crippen molar-refractivity contribution in [3.05, 3.63) is 23.8 Å². The van der Waals surface area contributed by atoms with Gasteiger partial charge in [-0.15, -0.1) is 4.40 Å². The summed E-state index contributed by atoms with van der Waals surface area (Å²) < 4.78 is 27.6. The van der Waals surface area contributed by atoms with E-state index in [1.807, 2.05) is 0 Å².